The summed E-state index contributed by atoms with van der Waals surface area (Å²) in [6, 6.07) is 14.5. The highest BCUT2D eigenvalue weighted by molar-refractivity contribution is 5.94. The molecule has 0 saturated heterocycles. The van der Waals surface area contributed by atoms with Crippen molar-refractivity contribution < 1.29 is 4.79 Å². The van der Waals surface area contributed by atoms with Gasteiger partial charge in [0.15, 0.2) is 0 Å². The van der Waals surface area contributed by atoms with Gasteiger partial charge in [0.2, 0.25) is 0 Å². The highest BCUT2D eigenvalue weighted by Gasteiger charge is 2.51. The number of hydrogen-bond acceptors (Lipinski definition) is 2. The summed E-state index contributed by atoms with van der Waals surface area (Å²) in [7, 11) is 0. The lowest BCUT2D eigenvalue weighted by molar-refractivity contribution is 0.0252. The van der Waals surface area contributed by atoms with E-state index in [4.69, 9.17) is 0 Å². The van der Waals surface area contributed by atoms with Crippen molar-refractivity contribution in [2.75, 3.05) is 0 Å². The van der Waals surface area contributed by atoms with Gasteiger partial charge >= 0.3 is 0 Å². The summed E-state index contributed by atoms with van der Waals surface area (Å²) in [5.41, 5.74) is 2.07. The molecule has 0 spiro atoms. The summed E-state index contributed by atoms with van der Waals surface area (Å²) in [4.78, 5) is 16.5. The van der Waals surface area contributed by atoms with Crippen molar-refractivity contribution in [2.24, 2.45) is 11.8 Å². The molecule has 4 rings (SSSR count). The Balaban J connectivity index is 1.56. The zero-order chi connectivity index (χ0) is 15.6. The smallest absolute Gasteiger partial charge is 0.251 e. The summed E-state index contributed by atoms with van der Waals surface area (Å²) in [6.07, 6.45) is 8.52. The summed E-state index contributed by atoms with van der Waals surface area (Å²) in [5, 5.41) is 3.31. The monoisotopic (exact) mass is 306 g/mol. The second kappa shape index (κ2) is 6.15. The topological polar surface area (TPSA) is 42.0 Å². The Hall–Kier alpha value is -2.16. The minimum absolute atomic E-state index is 0.0300. The minimum atomic E-state index is 0.0300. The Morgan fingerprint density at radius 2 is 1.65 bits per heavy atom. The first-order valence-corrected chi connectivity index (χ1v) is 8.60. The molecule has 1 heterocycles. The third-order valence-electron chi connectivity index (χ3n) is 5.61. The Bertz CT molecular complexity index is 671. The van der Waals surface area contributed by atoms with Crippen LogP contribution in [0.5, 0.6) is 0 Å². The lowest BCUT2D eigenvalue weighted by Crippen LogP contribution is -2.59. The Kier molecular flexibility index (Phi) is 3.86. The van der Waals surface area contributed by atoms with E-state index in [1.54, 1.807) is 24.5 Å². The number of rotatable bonds is 3. The zero-order valence-electron chi connectivity index (χ0n) is 13.2. The maximum Gasteiger partial charge on any atom is 0.251 e. The molecule has 0 radical (unpaired) electrons. The van der Waals surface area contributed by atoms with Crippen LogP contribution in [0, 0.1) is 11.8 Å². The van der Waals surface area contributed by atoms with E-state index in [0.717, 1.165) is 5.92 Å². The van der Waals surface area contributed by atoms with Crippen molar-refractivity contribution in [2.45, 2.75) is 37.6 Å². The molecule has 23 heavy (non-hydrogen) atoms. The van der Waals surface area contributed by atoms with Gasteiger partial charge in [0.1, 0.15) is 0 Å². The molecule has 1 N–H and O–H groups in total. The van der Waals surface area contributed by atoms with E-state index < -0.39 is 0 Å². The van der Waals surface area contributed by atoms with E-state index in [1.807, 2.05) is 0 Å². The van der Waals surface area contributed by atoms with Gasteiger partial charge in [-0.1, -0.05) is 43.2 Å². The molecule has 0 unspecified atom stereocenters. The van der Waals surface area contributed by atoms with Crippen LogP contribution in [0.3, 0.4) is 0 Å². The first-order valence-electron chi connectivity index (χ1n) is 8.60. The highest BCUT2D eigenvalue weighted by Crippen LogP contribution is 2.54. The summed E-state index contributed by atoms with van der Waals surface area (Å²) in [6.45, 7) is 0. The average Bonchev–Trinajstić information content (AvgIpc) is 2.61. The SMILES string of the molecule is O=C(N[C@H]1[C@@H]2CCCC[C@@H]2[C@@H]1c1ccccc1)c1ccncc1. The fourth-order valence-electron chi connectivity index (χ4n) is 4.53. The number of pyridine rings is 1. The molecular formula is C20H22N2O. The Labute approximate surface area is 137 Å². The van der Waals surface area contributed by atoms with Gasteiger partial charge in [0.25, 0.3) is 5.91 Å². The van der Waals surface area contributed by atoms with E-state index in [2.05, 4.69) is 40.6 Å². The third kappa shape index (κ3) is 2.65. The van der Waals surface area contributed by atoms with Crippen LogP contribution < -0.4 is 5.32 Å². The number of carbonyl (C=O) groups is 1. The average molecular weight is 306 g/mol. The Morgan fingerprint density at radius 1 is 0.957 bits per heavy atom. The van der Waals surface area contributed by atoms with Crippen molar-refractivity contribution in [3.63, 3.8) is 0 Å². The number of hydrogen-bond donors (Lipinski definition) is 1. The summed E-state index contributed by atoms with van der Waals surface area (Å²) >= 11 is 0. The molecular weight excluding hydrogens is 284 g/mol. The molecule has 0 aliphatic heterocycles. The fraction of sp³-hybridized carbons (Fsp3) is 0.400. The molecule has 3 nitrogen and oxygen atoms in total. The van der Waals surface area contributed by atoms with Crippen LogP contribution in [-0.2, 0) is 0 Å². The molecule has 2 aliphatic rings. The van der Waals surface area contributed by atoms with Crippen molar-refractivity contribution in [1.82, 2.24) is 10.3 Å². The molecule has 1 amide bonds. The van der Waals surface area contributed by atoms with Crippen LogP contribution in [0.25, 0.3) is 0 Å². The number of nitrogens with zero attached hydrogens (tertiary/aromatic N) is 1. The van der Waals surface area contributed by atoms with Crippen molar-refractivity contribution in [3.8, 4) is 0 Å². The fourth-order valence-corrected chi connectivity index (χ4v) is 4.53. The molecule has 1 aromatic heterocycles. The van der Waals surface area contributed by atoms with Crippen LogP contribution in [-0.4, -0.2) is 16.9 Å². The van der Waals surface area contributed by atoms with Gasteiger partial charge in [0.05, 0.1) is 0 Å². The molecule has 2 fully saturated rings. The van der Waals surface area contributed by atoms with Gasteiger partial charge in [-0.15, -0.1) is 0 Å². The highest BCUT2D eigenvalue weighted by atomic mass is 16.1. The van der Waals surface area contributed by atoms with Gasteiger partial charge in [-0.2, -0.15) is 0 Å². The minimum Gasteiger partial charge on any atom is -0.348 e. The maximum atomic E-state index is 12.6. The molecule has 2 saturated carbocycles. The van der Waals surface area contributed by atoms with Crippen LogP contribution >= 0.6 is 0 Å². The first kappa shape index (κ1) is 14.4. The van der Waals surface area contributed by atoms with Gasteiger partial charge in [-0.25, -0.2) is 0 Å². The van der Waals surface area contributed by atoms with Crippen LogP contribution in [0.2, 0.25) is 0 Å². The molecule has 4 atom stereocenters. The van der Waals surface area contributed by atoms with Crippen LogP contribution in [0.4, 0.5) is 0 Å². The van der Waals surface area contributed by atoms with Crippen LogP contribution in [0.15, 0.2) is 54.9 Å². The van der Waals surface area contributed by atoms with E-state index in [-0.39, 0.29) is 11.9 Å². The molecule has 2 aliphatic carbocycles. The third-order valence-corrected chi connectivity index (χ3v) is 5.61. The van der Waals surface area contributed by atoms with E-state index in [1.165, 1.54) is 31.2 Å². The molecule has 2 aromatic rings. The standard InChI is InChI=1S/C20H22N2O/c23-20(15-10-12-21-13-11-15)22-19-17-9-5-4-8-16(17)18(19)14-6-2-1-3-7-14/h1-3,6-7,10-13,16-19H,4-5,8-9H2,(H,22,23)/t16-,17+,18-,19-/m0/s1. The summed E-state index contributed by atoms with van der Waals surface area (Å²) in [5.74, 6) is 1.86. The lowest BCUT2D eigenvalue weighted by Gasteiger charge is -2.55. The largest absolute Gasteiger partial charge is 0.348 e. The van der Waals surface area contributed by atoms with Gasteiger partial charge in [0, 0.05) is 29.9 Å². The number of amides is 1. The van der Waals surface area contributed by atoms with Crippen molar-refractivity contribution >= 4 is 5.91 Å². The van der Waals surface area contributed by atoms with Crippen molar-refractivity contribution in [1.29, 1.82) is 0 Å². The Morgan fingerprint density at radius 3 is 2.39 bits per heavy atom. The summed E-state index contributed by atoms with van der Waals surface area (Å²) < 4.78 is 0. The molecule has 118 valence electrons. The van der Waals surface area contributed by atoms with E-state index >= 15 is 0 Å². The normalized spacial score (nSPS) is 29.2. The number of carbonyl (C=O) groups excluding carboxylic acids is 1. The number of nitrogens with one attached hydrogen (secondary N) is 1. The molecule has 3 heteroatoms. The maximum absolute atomic E-state index is 12.6. The first-order chi connectivity index (χ1) is 11.3. The zero-order valence-corrected chi connectivity index (χ0v) is 13.2. The van der Waals surface area contributed by atoms with E-state index in [0.29, 0.717) is 17.4 Å². The van der Waals surface area contributed by atoms with Gasteiger partial charge in [-0.3, -0.25) is 9.78 Å². The molecule has 0 bridgehead atoms. The quantitative estimate of drug-likeness (QED) is 0.937. The second-order valence-corrected chi connectivity index (χ2v) is 6.78. The number of aromatic nitrogens is 1. The molecule has 1 aromatic carbocycles. The van der Waals surface area contributed by atoms with Crippen molar-refractivity contribution in [3.05, 3.63) is 66.0 Å². The number of benzene rings is 1. The predicted molar refractivity (Wildman–Crippen MR) is 90.1 cm³/mol. The van der Waals surface area contributed by atoms with Crippen LogP contribution in [0.1, 0.15) is 47.5 Å². The van der Waals surface area contributed by atoms with Gasteiger partial charge < -0.3 is 5.32 Å². The van der Waals surface area contributed by atoms with Gasteiger partial charge in [-0.05, 0) is 42.4 Å². The lowest BCUT2D eigenvalue weighted by atomic mass is 9.53. The van der Waals surface area contributed by atoms with E-state index in [9.17, 15) is 4.79 Å². The predicted octanol–water partition coefficient (Wildman–Crippen LogP) is 3.78. The number of fused-ring (bicyclic) bond motifs is 1. The second-order valence-electron chi connectivity index (χ2n) is 6.78.